The molecule has 1 saturated heterocycles. The van der Waals surface area contributed by atoms with E-state index in [1.54, 1.807) is 10.9 Å². The Morgan fingerprint density at radius 3 is 2.80 bits per heavy atom. The largest absolute Gasteiger partial charge is 0.337 e. The van der Waals surface area contributed by atoms with Crippen molar-refractivity contribution < 1.29 is 4.79 Å². The minimum atomic E-state index is -0.0211. The fraction of sp³-hybridized carbons (Fsp3) is 0.353. The molecular weight excluding hydrogens is 384 g/mol. The molecule has 0 atom stereocenters. The maximum atomic E-state index is 12.8. The minimum absolute atomic E-state index is 0.0211. The highest BCUT2D eigenvalue weighted by atomic mass is 79.9. The molecule has 1 aromatic carbocycles. The van der Waals surface area contributed by atoms with Gasteiger partial charge in [0.05, 0.1) is 0 Å². The van der Waals surface area contributed by atoms with E-state index in [0.717, 1.165) is 33.9 Å². The summed E-state index contributed by atoms with van der Waals surface area (Å²) in [6.45, 7) is 1.37. The maximum Gasteiger partial charge on any atom is 0.272 e. The molecular formula is C17H17BrN6O. The first-order valence-corrected chi connectivity index (χ1v) is 8.98. The number of aryl methyl sites for hydroxylation is 1. The number of aromatic nitrogens is 5. The van der Waals surface area contributed by atoms with Crippen LogP contribution >= 0.6 is 15.9 Å². The van der Waals surface area contributed by atoms with Crippen molar-refractivity contribution in [2.45, 2.75) is 18.8 Å². The number of rotatable bonds is 2. The molecule has 0 saturated carbocycles. The van der Waals surface area contributed by atoms with Crippen molar-refractivity contribution in [3.63, 3.8) is 0 Å². The zero-order chi connectivity index (χ0) is 17.4. The van der Waals surface area contributed by atoms with Crippen LogP contribution in [0.4, 0.5) is 0 Å². The number of likely N-dealkylation sites (tertiary alicyclic amines) is 1. The van der Waals surface area contributed by atoms with E-state index < -0.39 is 0 Å². The van der Waals surface area contributed by atoms with Gasteiger partial charge in [-0.1, -0.05) is 28.1 Å². The highest BCUT2D eigenvalue weighted by molar-refractivity contribution is 9.10. The highest BCUT2D eigenvalue weighted by Gasteiger charge is 2.28. The topological polar surface area (TPSA) is 76.8 Å². The van der Waals surface area contributed by atoms with Gasteiger partial charge in [0.25, 0.3) is 5.91 Å². The normalized spacial score (nSPS) is 15.7. The molecule has 4 rings (SSSR count). The molecule has 0 spiro atoms. The summed E-state index contributed by atoms with van der Waals surface area (Å²) in [5.41, 5.74) is 0.484. The van der Waals surface area contributed by atoms with E-state index in [4.69, 9.17) is 0 Å². The van der Waals surface area contributed by atoms with Crippen molar-refractivity contribution in [2.24, 2.45) is 7.05 Å². The molecule has 7 nitrogen and oxygen atoms in total. The quantitative estimate of drug-likeness (QED) is 0.660. The van der Waals surface area contributed by atoms with Gasteiger partial charge < -0.3 is 4.90 Å². The number of pyridine rings is 1. The van der Waals surface area contributed by atoms with Crippen LogP contribution in [0, 0.1) is 0 Å². The zero-order valence-electron chi connectivity index (χ0n) is 13.8. The monoisotopic (exact) mass is 400 g/mol. The van der Waals surface area contributed by atoms with Gasteiger partial charge >= 0.3 is 0 Å². The lowest BCUT2D eigenvalue weighted by Gasteiger charge is -2.31. The number of benzene rings is 1. The van der Waals surface area contributed by atoms with Gasteiger partial charge in [0.15, 0.2) is 5.82 Å². The summed E-state index contributed by atoms with van der Waals surface area (Å²) in [4.78, 5) is 19.0. The molecule has 0 unspecified atom stereocenters. The van der Waals surface area contributed by atoms with Gasteiger partial charge in [-0.05, 0) is 40.8 Å². The smallest absolute Gasteiger partial charge is 0.272 e. The SMILES string of the molecule is Cn1nnnc1C1CCN(C(=O)c2cc3c(Br)cccc3cn2)CC1. The van der Waals surface area contributed by atoms with E-state index in [9.17, 15) is 4.79 Å². The summed E-state index contributed by atoms with van der Waals surface area (Å²) in [7, 11) is 1.85. The number of carbonyl (C=O) groups is 1. The molecule has 3 aromatic rings. The van der Waals surface area contributed by atoms with Crippen molar-refractivity contribution in [3.8, 4) is 0 Å². The van der Waals surface area contributed by atoms with Gasteiger partial charge in [-0.2, -0.15) is 0 Å². The molecule has 8 heteroatoms. The Hall–Kier alpha value is -2.35. The predicted octanol–water partition coefficient (Wildman–Crippen LogP) is 2.54. The molecule has 1 fully saturated rings. The summed E-state index contributed by atoms with van der Waals surface area (Å²) in [5, 5.41) is 13.7. The van der Waals surface area contributed by atoms with Crippen LogP contribution in [0.1, 0.15) is 35.1 Å². The number of amides is 1. The lowest BCUT2D eigenvalue weighted by molar-refractivity contribution is 0.0704. The zero-order valence-corrected chi connectivity index (χ0v) is 15.3. The van der Waals surface area contributed by atoms with Crippen molar-refractivity contribution in [1.29, 1.82) is 0 Å². The molecule has 1 aliphatic rings. The number of nitrogens with zero attached hydrogens (tertiary/aromatic N) is 6. The van der Waals surface area contributed by atoms with E-state index in [1.807, 2.05) is 36.2 Å². The number of hydrogen-bond acceptors (Lipinski definition) is 5. The summed E-state index contributed by atoms with van der Waals surface area (Å²) in [6.07, 6.45) is 3.47. The lowest BCUT2D eigenvalue weighted by atomic mass is 9.95. The fourth-order valence-corrected chi connectivity index (χ4v) is 3.83. The number of carbonyl (C=O) groups excluding carboxylic acids is 1. The Kier molecular flexibility index (Phi) is 4.20. The first-order valence-electron chi connectivity index (χ1n) is 8.19. The van der Waals surface area contributed by atoms with Crippen LogP contribution in [0.3, 0.4) is 0 Å². The standard InChI is InChI=1S/C17H17BrN6O/c1-23-16(20-21-22-23)11-5-7-24(8-6-11)17(25)15-9-13-12(10-19-15)3-2-4-14(13)18/h2-4,9-11H,5-8H2,1H3. The van der Waals surface area contributed by atoms with E-state index >= 15 is 0 Å². The van der Waals surface area contributed by atoms with Gasteiger partial charge in [0.1, 0.15) is 5.69 Å². The van der Waals surface area contributed by atoms with Crippen LogP contribution in [0.25, 0.3) is 10.8 Å². The van der Waals surface area contributed by atoms with Gasteiger partial charge in [-0.25, -0.2) is 4.68 Å². The average molecular weight is 401 g/mol. The van der Waals surface area contributed by atoms with Crippen LogP contribution in [0.2, 0.25) is 0 Å². The number of tetrazole rings is 1. The second-order valence-electron chi connectivity index (χ2n) is 6.26. The number of hydrogen-bond donors (Lipinski definition) is 0. The van der Waals surface area contributed by atoms with Crippen LogP contribution in [0.5, 0.6) is 0 Å². The number of halogens is 1. The third-order valence-electron chi connectivity index (χ3n) is 4.73. The number of piperidine rings is 1. The maximum absolute atomic E-state index is 12.8. The Morgan fingerprint density at radius 2 is 2.08 bits per heavy atom. The average Bonchev–Trinajstić information content (AvgIpc) is 3.07. The molecule has 25 heavy (non-hydrogen) atoms. The second-order valence-corrected chi connectivity index (χ2v) is 7.11. The molecule has 0 N–H and O–H groups in total. The van der Waals surface area contributed by atoms with Crippen molar-refractivity contribution in [2.75, 3.05) is 13.1 Å². The summed E-state index contributed by atoms with van der Waals surface area (Å²) < 4.78 is 2.68. The summed E-state index contributed by atoms with van der Waals surface area (Å²) in [5.74, 6) is 1.16. The molecule has 2 aromatic heterocycles. The third-order valence-corrected chi connectivity index (χ3v) is 5.42. The van der Waals surface area contributed by atoms with E-state index in [1.165, 1.54) is 0 Å². The Balaban J connectivity index is 1.51. The van der Waals surface area contributed by atoms with Crippen molar-refractivity contribution >= 4 is 32.6 Å². The molecule has 0 radical (unpaired) electrons. The first-order chi connectivity index (χ1) is 12.1. The molecule has 128 valence electrons. The molecule has 0 aliphatic carbocycles. The molecule has 3 heterocycles. The fourth-order valence-electron chi connectivity index (χ4n) is 3.33. The molecule has 1 aliphatic heterocycles. The molecule has 0 bridgehead atoms. The van der Waals surface area contributed by atoms with E-state index in [2.05, 4.69) is 36.4 Å². The highest BCUT2D eigenvalue weighted by Crippen LogP contribution is 2.28. The van der Waals surface area contributed by atoms with E-state index in [0.29, 0.717) is 24.7 Å². The first kappa shape index (κ1) is 16.1. The predicted molar refractivity (Wildman–Crippen MR) is 96.1 cm³/mol. The van der Waals surface area contributed by atoms with Crippen LogP contribution in [-0.2, 0) is 7.05 Å². The second kappa shape index (κ2) is 6.51. The molecule has 1 amide bonds. The Labute approximate surface area is 153 Å². The summed E-state index contributed by atoms with van der Waals surface area (Å²) >= 11 is 3.54. The Bertz CT molecular complexity index is 932. The lowest BCUT2D eigenvalue weighted by Crippen LogP contribution is -2.38. The third kappa shape index (κ3) is 3.02. The van der Waals surface area contributed by atoms with Gasteiger partial charge in [-0.15, -0.1) is 5.10 Å². The van der Waals surface area contributed by atoms with Crippen molar-refractivity contribution in [1.82, 2.24) is 30.1 Å². The van der Waals surface area contributed by atoms with Crippen LogP contribution in [0.15, 0.2) is 34.9 Å². The van der Waals surface area contributed by atoms with Gasteiger partial charge in [0.2, 0.25) is 0 Å². The van der Waals surface area contributed by atoms with E-state index in [-0.39, 0.29) is 5.91 Å². The van der Waals surface area contributed by atoms with Gasteiger partial charge in [0, 0.05) is 42.1 Å². The van der Waals surface area contributed by atoms with Crippen molar-refractivity contribution in [3.05, 3.63) is 46.5 Å². The van der Waals surface area contributed by atoms with Crippen LogP contribution < -0.4 is 0 Å². The van der Waals surface area contributed by atoms with Crippen LogP contribution in [-0.4, -0.2) is 49.1 Å². The minimum Gasteiger partial charge on any atom is -0.337 e. The number of fused-ring (bicyclic) bond motifs is 1. The summed E-state index contributed by atoms with van der Waals surface area (Å²) in [6, 6.07) is 7.78. The van der Waals surface area contributed by atoms with Gasteiger partial charge in [-0.3, -0.25) is 9.78 Å². The Morgan fingerprint density at radius 1 is 1.28 bits per heavy atom.